The number of ether oxygens (including phenoxy) is 1. The van der Waals surface area contributed by atoms with E-state index in [-0.39, 0.29) is 13.1 Å². The van der Waals surface area contributed by atoms with Crippen LogP contribution >= 0.6 is 0 Å². The molecule has 0 radical (unpaired) electrons. The summed E-state index contributed by atoms with van der Waals surface area (Å²) in [6.07, 6.45) is 4.46. The maximum atomic E-state index is 12.1. The molecular formula is C13H26N2O5S. The van der Waals surface area contributed by atoms with Crippen molar-refractivity contribution in [3.05, 3.63) is 0 Å². The van der Waals surface area contributed by atoms with E-state index < -0.39 is 22.2 Å². The zero-order valence-corrected chi connectivity index (χ0v) is 13.4. The van der Waals surface area contributed by atoms with Crippen molar-refractivity contribution in [3.63, 3.8) is 0 Å². The monoisotopic (exact) mass is 322 g/mol. The molecule has 0 bridgehead atoms. The summed E-state index contributed by atoms with van der Waals surface area (Å²) in [5.74, 6) is -1.08. The summed E-state index contributed by atoms with van der Waals surface area (Å²) in [5, 5.41) is 9.11. The molecule has 0 spiro atoms. The second-order valence-corrected chi connectivity index (χ2v) is 6.89. The van der Waals surface area contributed by atoms with Crippen molar-refractivity contribution in [2.75, 3.05) is 26.3 Å². The van der Waals surface area contributed by atoms with Crippen LogP contribution in [0.5, 0.6) is 0 Å². The zero-order valence-electron chi connectivity index (χ0n) is 12.6. The minimum Gasteiger partial charge on any atom is -0.480 e. The first kappa shape index (κ1) is 18.3. The lowest BCUT2D eigenvalue weighted by Gasteiger charge is -2.31. The summed E-state index contributed by atoms with van der Waals surface area (Å²) in [6.45, 7) is 3.80. The number of hydrogen-bond acceptors (Lipinski definition) is 4. The molecule has 7 nitrogen and oxygen atoms in total. The number of nitrogens with zero attached hydrogens (tertiary/aromatic N) is 1. The topological polar surface area (TPSA) is 95.9 Å². The summed E-state index contributed by atoms with van der Waals surface area (Å²) in [6, 6.07) is -0.947. The first-order chi connectivity index (χ1) is 9.99. The Morgan fingerprint density at radius 2 is 2.05 bits per heavy atom. The van der Waals surface area contributed by atoms with Gasteiger partial charge in [-0.05, 0) is 32.1 Å². The second-order valence-electron chi connectivity index (χ2n) is 5.18. The Morgan fingerprint density at radius 3 is 2.71 bits per heavy atom. The van der Waals surface area contributed by atoms with Crippen molar-refractivity contribution in [1.29, 1.82) is 0 Å². The summed E-state index contributed by atoms with van der Waals surface area (Å²) in [5.41, 5.74) is 0. The van der Waals surface area contributed by atoms with Crippen molar-refractivity contribution in [3.8, 4) is 0 Å². The molecule has 1 heterocycles. The van der Waals surface area contributed by atoms with Crippen LogP contribution in [0, 0.1) is 0 Å². The van der Waals surface area contributed by atoms with Crippen LogP contribution in [0.3, 0.4) is 0 Å². The fourth-order valence-corrected chi connectivity index (χ4v) is 3.71. The van der Waals surface area contributed by atoms with Crippen molar-refractivity contribution in [2.45, 2.75) is 51.5 Å². The quantitative estimate of drug-likeness (QED) is 0.584. The number of aliphatic carboxylic acids is 1. The molecule has 1 saturated heterocycles. The lowest BCUT2D eigenvalue weighted by Crippen LogP contribution is -2.52. The number of rotatable bonds is 10. The highest BCUT2D eigenvalue weighted by Crippen LogP contribution is 2.19. The Hall–Kier alpha value is -0.700. The van der Waals surface area contributed by atoms with Gasteiger partial charge in [-0.3, -0.25) is 4.79 Å². The highest BCUT2D eigenvalue weighted by Gasteiger charge is 2.36. The third-order valence-corrected chi connectivity index (χ3v) is 5.06. The molecule has 0 aliphatic carbocycles. The molecule has 0 aromatic heterocycles. The molecule has 0 aromatic rings. The van der Waals surface area contributed by atoms with Gasteiger partial charge < -0.3 is 9.84 Å². The molecule has 2 N–H and O–H groups in total. The van der Waals surface area contributed by atoms with Gasteiger partial charge in [-0.1, -0.05) is 13.3 Å². The third-order valence-electron chi connectivity index (χ3n) is 3.44. The Morgan fingerprint density at radius 1 is 1.33 bits per heavy atom. The maximum absolute atomic E-state index is 12.1. The fourth-order valence-electron chi connectivity index (χ4n) is 2.25. The molecule has 1 aliphatic heterocycles. The van der Waals surface area contributed by atoms with E-state index in [1.807, 2.05) is 0 Å². The van der Waals surface area contributed by atoms with Gasteiger partial charge in [0.25, 0.3) is 10.2 Å². The molecule has 0 saturated carbocycles. The van der Waals surface area contributed by atoms with E-state index in [0.29, 0.717) is 32.5 Å². The summed E-state index contributed by atoms with van der Waals surface area (Å²) in [4.78, 5) is 11.1. The van der Waals surface area contributed by atoms with Crippen molar-refractivity contribution in [1.82, 2.24) is 9.03 Å². The van der Waals surface area contributed by atoms with Gasteiger partial charge in [0.05, 0.1) is 0 Å². The van der Waals surface area contributed by atoms with Gasteiger partial charge in [0.2, 0.25) is 0 Å². The first-order valence-electron chi connectivity index (χ1n) is 7.56. The van der Waals surface area contributed by atoms with Crippen LogP contribution in [0.2, 0.25) is 0 Å². The van der Waals surface area contributed by atoms with E-state index in [4.69, 9.17) is 9.84 Å². The molecule has 1 fully saturated rings. The van der Waals surface area contributed by atoms with E-state index in [2.05, 4.69) is 11.6 Å². The molecule has 1 atom stereocenters. The molecule has 0 aromatic carbocycles. The van der Waals surface area contributed by atoms with Crippen LogP contribution in [0.1, 0.15) is 45.4 Å². The summed E-state index contributed by atoms with van der Waals surface area (Å²) < 4.78 is 33.2. The molecule has 1 aliphatic rings. The van der Waals surface area contributed by atoms with E-state index in [1.165, 1.54) is 0 Å². The van der Waals surface area contributed by atoms with Gasteiger partial charge in [0.15, 0.2) is 0 Å². The smallest absolute Gasteiger partial charge is 0.322 e. The number of piperidine rings is 1. The van der Waals surface area contributed by atoms with Crippen molar-refractivity contribution in [2.24, 2.45) is 0 Å². The normalized spacial score (nSPS) is 20.5. The number of carboxylic acids is 1. The highest BCUT2D eigenvalue weighted by molar-refractivity contribution is 7.87. The maximum Gasteiger partial charge on any atom is 0.322 e. The average molecular weight is 322 g/mol. The lowest BCUT2D eigenvalue weighted by molar-refractivity contribution is -0.142. The van der Waals surface area contributed by atoms with Gasteiger partial charge in [-0.15, -0.1) is 0 Å². The predicted octanol–water partition coefficient (Wildman–Crippen LogP) is 0.967. The highest BCUT2D eigenvalue weighted by atomic mass is 32.2. The Bertz CT molecular complexity index is 413. The van der Waals surface area contributed by atoms with Crippen LogP contribution < -0.4 is 4.72 Å². The SMILES string of the molecule is CCCCOCCCNS(=O)(=O)N1CCCCC1C(=O)O. The Kier molecular flexibility index (Phi) is 8.16. The van der Waals surface area contributed by atoms with E-state index in [1.54, 1.807) is 0 Å². The van der Waals surface area contributed by atoms with Crippen molar-refractivity contribution < 1.29 is 23.1 Å². The second kappa shape index (κ2) is 9.34. The molecular weight excluding hydrogens is 296 g/mol. The Labute approximate surface area is 126 Å². The minimum atomic E-state index is -3.73. The van der Waals surface area contributed by atoms with E-state index >= 15 is 0 Å². The standard InChI is InChI=1S/C13H26N2O5S/c1-2-3-10-20-11-6-8-14-21(18,19)15-9-5-4-7-12(15)13(16)17/h12,14H,2-11H2,1H3,(H,16,17). The van der Waals surface area contributed by atoms with Crippen LogP contribution in [0.4, 0.5) is 0 Å². The number of nitrogens with one attached hydrogen (secondary N) is 1. The molecule has 8 heteroatoms. The molecule has 1 rings (SSSR count). The van der Waals surface area contributed by atoms with Gasteiger partial charge in [0, 0.05) is 26.3 Å². The molecule has 124 valence electrons. The third kappa shape index (κ3) is 6.29. The zero-order chi connectivity index (χ0) is 15.7. The van der Waals surface area contributed by atoms with Gasteiger partial charge in [-0.25, -0.2) is 4.72 Å². The van der Waals surface area contributed by atoms with Crippen LogP contribution in [-0.2, 0) is 19.7 Å². The average Bonchev–Trinajstić information content (AvgIpc) is 2.46. The summed E-state index contributed by atoms with van der Waals surface area (Å²) >= 11 is 0. The van der Waals surface area contributed by atoms with Crippen LogP contribution in [-0.4, -0.2) is 56.1 Å². The van der Waals surface area contributed by atoms with Gasteiger partial charge >= 0.3 is 5.97 Å². The van der Waals surface area contributed by atoms with Gasteiger partial charge in [0.1, 0.15) is 6.04 Å². The minimum absolute atomic E-state index is 0.261. The number of hydrogen-bond donors (Lipinski definition) is 2. The molecule has 0 amide bonds. The number of unbranched alkanes of at least 4 members (excludes halogenated alkanes) is 1. The first-order valence-corrected chi connectivity index (χ1v) is 9.00. The van der Waals surface area contributed by atoms with Crippen molar-refractivity contribution >= 4 is 16.2 Å². The van der Waals surface area contributed by atoms with Gasteiger partial charge in [-0.2, -0.15) is 12.7 Å². The molecule has 1 unspecified atom stereocenters. The lowest BCUT2D eigenvalue weighted by atomic mass is 10.1. The largest absolute Gasteiger partial charge is 0.480 e. The number of carboxylic acid groups (broad SMARTS) is 1. The van der Waals surface area contributed by atoms with E-state index in [9.17, 15) is 13.2 Å². The summed E-state index contributed by atoms with van der Waals surface area (Å²) in [7, 11) is -3.73. The number of carbonyl (C=O) groups is 1. The van der Waals surface area contributed by atoms with Crippen LogP contribution in [0.15, 0.2) is 0 Å². The molecule has 21 heavy (non-hydrogen) atoms. The van der Waals surface area contributed by atoms with E-state index in [0.717, 1.165) is 23.6 Å². The fraction of sp³-hybridized carbons (Fsp3) is 0.923. The Balaban J connectivity index is 2.36. The predicted molar refractivity (Wildman–Crippen MR) is 79.2 cm³/mol. The van der Waals surface area contributed by atoms with Crippen LogP contribution in [0.25, 0.3) is 0 Å².